The van der Waals surface area contributed by atoms with Crippen molar-refractivity contribution in [1.29, 1.82) is 0 Å². The molecule has 2 heterocycles. The van der Waals surface area contributed by atoms with Gasteiger partial charge in [-0.25, -0.2) is 9.59 Å². The second kappa shape index (κ2) is 16.0. The quantitative estimate of drug-likeness (QED) is 0.104. The molecule has 5 aromatic rings. The van der Waals surface area contributed by atoms with Gasteiger partial charge < -0.3 is 10.2 Å². The fraction of sp³-hybridized carbons (Fsp3) is 0.300. The van der Waals surface area contributed by atoms with Crippen LogP contribution >= 0.6 is 22.7 Å². The van der Waals surface area contributed by atoms with Crippen molar-refractivity contribution in [2.24, 2.45) is 0 Å². The van der Waals surface area contributed by atoms with E-state index in [1.165, 1.54) is 97.3 Å². The Labute approximate surface area is 280 Å². The first-order valence-electron chi connectivity index (χ1n) is 16.4. The van der Waals surface area contributed by atoms with E-state index in [0.717, 1.165) is 43.5 Å². The van der Waals surface area contributed by atoms with Crippen molar-refractivity contribution in [2.45, 2.75) is 78.1 Å². The molecule has 238 valence electrons. The number of rotatable bonds is 16. The molecule has 0 aliphatic rings. The Hall–Kier alpha value is -4.00. The van der Waals surface area contributed by atoms with Gasteiger partial charge in [0.25, 0.3) is 0 Å². The highest BCUT2D eigenvalue weighted by molar-refractivity contribution is 7.19. The zero-order valence-corrected chi connectivity index (χ0v) is 28.3. The zero-order chi connectivity index (χ0) is 32.5. The minimum atomic E-state index is -1.08. The van der Waals surface area contributed by atoms with E-state index in [1.54, 1.807) is 0 Å². The van der Waals surface area contributed by atoms with Crippen molar-refractivity contribution in [3.8, 4) is 41.8 Å². The van der Waals surface area contributed by atoms with Crippen LogP contribution in [0.15, 0.2) is 84.9 Å². The molecule has 2 N–H and O–H groups in total. The first-order valence-corrected chi connectivity index (χ1v) is 18.0. The second-order valence-corrected chi connectivity index (χ2v) is 14.1. The average molecular weight is 651 g/mol. The summed E-state index contributed by atoms with van der Waals surface area (Å²) in [7, 11) is 0. The number of carboxylic acid groups (broad SMARTS) is 2. The van der Waals surface area contributed by atoms with Crippen molar-refractivity contribution in [3.63, 3.8) is 0 Å². The van der Waals surface area contributed by atoms with Gasteiger partial charge in [0.1, 0.15) is 0 Å². The van der Waals surface area contributed by atoms with E-state index in [4.69, 9.17) is 0 Å². The molecule has 0 fully saturated rings. The molecule has 3 aromatic carbocycles. The number of thiophene rings is 2. The first-order chi connectivity index (χ1) is 22.4. The van der Waals surface area contributed by atoms with E-state index < -0.39 is 11.9 Å². The zero-order valence-electron chi connectivity index (χ0n) is 26.7. The molecule has 5 rings (SSSR count). The van der Waals surface area contributed by atoms with E-state index in [2.05, 4.69) is 62.4 Å². The minimum absolute atomic E-state index is 0.0956. The van der Waals surface area contributed by atoms with Crippen LogP contribution < -0.4 is 0 Å². The van der Waals surface area contributed by atoms with Gasteiger partial charge in [-0.3, -0.25) is 0 Å². The van der Waals surface area contributed by atoms with Gasteiger partial charge in [-0.05, 0) is 84.3 Å². The first kappa shape index (κ1) is 33.4. The predicted octanol–water partition coefficient (Wildman–Crippen LogP) is 12.1. The number of aryl methyl sites for hydroxylation is 2. The lowest BCUT2D eigenvalue weighted by Gasteiger charge is -2.11. The van der Waals surface area contributed by atoms with Crippen LogP contribution in [-0.4, -0.2) is 22.2 Å². The molecule has 0 unspecified atom stereocenters. The van der Waals surface area contributed by atoms with E-state index in [1.807, 2.05) is 24.3 Å². The third-order valence-corrected chi connectivity index (χ3v) is 10.8. The second-order valence-electron chi connectivity index (χ2n) is 11.9. The Bertz CT molecular complexity index is 1630. The summed E-state index contributed by atoms with van der Waals surface area (Å²) in [6, 6.07) is 27.9. The largest absolute Gasteiger partial charge is 0.478 e. The normalized spacial score (nSPS) is 11.2. The van der Waals surface area contributed by atoms with Gasteiger partial charge >= 0.3 is 11.9 Å². The lowest BCUT2D eigenvalue weighted by Crippen LogP contribution is -2.05. The van der Waals surface area contributed by atoms with Crippen molar-refractivity contribution < 1.29 is 19.8 Å². The standard InChI is InChI=1S/C40H42O4S2/c1-3-5-7-9-11-27-13-17-29(18-14-27)35-21-23-37(45-35)31-25-34(40(43)44)32(26-33(31)39(41)42)38-24-22-36(46-38)30-19-15-28(16-20-30)12-10-8-6-4-2/h13-26H,3-12H2,1-2H3,(H,41,42)(H,43,44). The summed E-state index contributed by atoms with van der Waals surface area (Å²) >= 11 is 2.96. The molecule has 0 saturated heterocycles. The Morgan fingerprint density at radius 2 is 0.870 bits per heavy atom. The molecule has 2 aromatic heterocycles. The molecule has 6 heteroatoms. The van der Waals surface area contributed by atoms with E-state index in [0.29, 0.717) is 11.1 Å². The van der Waals surface area contributed by atoms with E-state index in [-0.39, 0.29) is 11.1 Å². The molecule has 46 heavy (non-hydrogen) atoms. The number of hydrogen-bond acceptors (Lipinski definition) is 4. The molecular weight excluding hydrogens is 609 g/mol. The van der Waals surface area contributed by atoms with E-state index in [9.17, 15) is 19.8 Å². The third kappa shape index (κ3) is 8.23. The van der Waals surface area contributed by atoms with Crippen LogP contribution in [0.4, 0.5) is 0 Å². The number of carbonyl (C=O) groups is 2. The topological polar surface area (TPSA) is 74.6 Å². The van der Waals surface area contributed by atoms with Crippen LogP contribution in [0, 0.1) is 0 Å². The predicted molar refractivity (Wildman–Crippen MR) is 194 cm³/mol. The summed E-state index contributed by atoms with van der Waals surface area (Å²) in [5.41, 5.74) is 5.80. The number of hydrogen-bond donors (Lipinski definition) is 2. The SMILES string of the molecule is CCCCCCc1ccc(-c2ccc(-c3cc(C(=O)O)c(-c4ccc(-c5ccc(CCCCCC)cc5)s4)cc3C(=O)O)s2)cc1. The monoisotopic (exact) mass is 650 g/mol. The van der Waals surface area contributed by atoms with Crippen molar-refractivity contribution in [1.82, 2.24) is 0 Å². The maximum absolute atomic E-state index is 12.5. The Balaban J connectivity index is 1.39. The molecule has 0 spiro atoms. The minimum Gasteiger partial charge on any atom is -0.478 e. The Morgan fingerprint density at radius 3 is 1.22 bits per heavy atom. The van der Waals surface area contributed by atoms with Crippen molar-refractivity contribution in [3.05, 3.63) is 107 Å². The Morgan fingerprint density at radius 1 is 0.500 bits per heavy atom. The highest BCUT2D eigenvalue weighted by atomic mass is 32.1. The fourth-order valence-electron chi connectivity index (χ4n) is 5.82. The number of unbranched alkanes of at least 4 members (excludes halogenated alkanes) is 6. The summed E-state index contributed by atoms with van der Waals surface area (Å²) in [6.45, 7) is 4.44. The number of benzene rings is 3. The molecular formula is C40H42O4S2. The van der Waals surface area contributed by atoms with Crippen molar-refractivity contribution >= 4 is 34.6 Å². The summed E-state index contributed by atoms with van der Waals surface area (Å²) in [5.74, 6) is -2.16. The summed E-state index contributed by atoms with van der Waals surface area (Å²) in [5, 5.41) is 20.5. The summed E-state index contributed by atoms with van der Waals surface area (Å²) in [4.78, 5) is 28.5. The van der Waals surface area contributed by atoms with Crippen LogP contribution in [0.2, 0.25) is 0 Å². The maximum atomic E-state index is 12.5. The smallest absolute Gasteiger partial charge is 0.336 e. The Kier molecular flexibility index (Phi) is 11.6. The highest BCUT2D eigenvalue weighted by Gasteiger charge is 2.23. The van der Waals surface area contributed by atoms with Gasteiger partial charge in [-0.1, -0.05) is 101 Å². The number of aromatic carboxylic acids is 2. The number of carboxylic acids is 2. The van der Waals surface area contributed by atoms with Crippen molar-refractivity contribution in [2.75, 3.05) is 0 Å². The maximum Gasteiger partial charge on any atom is 0.336 e. The molecule has 0 atom stereocenters. The molecule has 4 nitrogen and oxygen atoms in total. The molecule has 0 bridgehead atoms. The van der Waals surface area contributed by atoms with Crippen LogP contribution in [-0.2, 0) is 12.8 Å². The lowest BCUT2D eigenvalue weighted by molar-refractivity contribution is 0.0682. The van der Waals surface area contributed by atoms with Crippen LogP contribution in [0.1, 0.15) is 97.1 Å². The van der Waals surface area contributed by atoms with E-state index >= 15 is 0 Å². The summed E-state index contributed by atoms with van der Waals surface area (Å²) in [6.07, 6.45) is 12.0. The van der Waals surface area contributed by atoms with Gasteiger partial charge in [0.15, 0.2) is 0 Å². The van der Waals surface area contributed by atoms with Crippen LogP contribution in [0.3, 0.4) is 0 Å². The van der Waals surface area contributed by atoms with Gasteiger partial charge in [0, 0.05) is 30.6 Å². The van der Waals surface area contributed by atoms with Gasteiger partial charge in [0.2, 0.25) is 0 Å². The highest BCUT2D eigenvalue weighted by Crippen LogP contribution is 2.41. The van der Waals surface area contributed by atoms with Gasteiger partial charge in [-0.15, -0.1) is 22.7 Å². The van der Waals surface area contributed by atoms with Crippen LogP contribution in [0.25, 0.3) is 41.8 Å². The average Bonchev–Trinajstić information content (AvgIpc) is 3.76. The van der Waals surface area contributed by atoms with Gasteiger partial charge in [0.05, 0.1) is 11.1 Å². The lowest BCUT2D eigenvalue weighted by atomic mass is 9.96. The van der Waals surface area contributed by atoms with Crippen LogP contribution in [0.5, 0.6) is 0 Å². The molecule has 0 aliphatic carbocycles. The molecule has 0 aliphatic heterocycles. The molecule has 0 amide bonds. The fourth-order valence-corrected chi connectivity index (χ4v) is 7.90. The molecule has 0 saturated carbocycles. The summed E-state index contributed by atoms with van der Waals surface area (Å²) < 4.78 is 0. The molecule has 0 radical (unpaired) electrons. The van der Waals surface area contributed by atoms with Gasteiger partial charge in [-0.2, -0.15) is 0 Å². The third-order valence-electron chi connectivity index (χ3n) is 8.48.